The van der Waals surface area contributed by atoms with Gasteiger partial charge in [0.05, 0.1) is 28.4 Å². The molecular weight excluding hydrogens is 424 g/mol. The van der Waals surface area contributed by atoms with E-state index in [2.05, 4.69) is 41.9 Å². The molecule has 0 spiro atoms. The van der Waals surface area contributed by atoms with Crippen molar-refractivity contribution >= 4 is 48.5 Å². The summed E-state index contributed by atoms with van der Waals surface area (Å²) in [5, 5.41) is 0.731. The Morgan fingerprint density at radius 2 is 2.11 bits per heavy atom. The Kier molecular flexibility index (Phi) is 5.30. The molecule has 0 saturated carbocycles. The molecule has 2 heterocycles. The number of carbonyl (C=O) groups is 1. The third-order valence-corrected chi connectivity index (χ3v) is 6.80. The van der Waals surface area contributed by atoms with E-state index in [1.54, 1.807) is 16.2 Å². The summed E-state index contributed by atoms with van der Waals surface area (Å²) in [7, 11) is 0. The average Bonchev–Trinajstić information content (AvgIpc) is 3.32. The number of nitrogens with zero attached hydrogens (tertiary/aromatic N) is 2. The third kappa shape index (κ3) is 3.66. The van der Waals surface area contributed by atoms with Gasteiger partial charge in [-0.25, -0.2) is 4.98 Å². The maximum absolute atomic E-state index is 13.4. The van der Waals surface area contributed by atoms with Crippen LogP contribution in [0, 0.1) is 13.8 Å². The zero-order valence-electron chi connectivity index (χ0n) is 15.4. The van der Waals surface area contributed by atoms with Crippen LogP contribution in [0.15, 0.2) is 40.9 Å². The molecule has 140 valence electrons. The lowest BCUT2D eigenvalue weighted by atomic mass is 10.1. The lowest BCUT2D eigenvalue weighted by molar-refractivity contribution is 0.0917. The van der Waals surface area contributed by atoms with Crippen LogP contribution < -0.4 is 4.90 Å². The molecular formula is C21H21BrN2O2S. The van der Waals surface area contributed by atoms with Crippen molar-refractivity contribution in [3.05, 3.63) is 57.6 Å². The molecule has 1 aromatic heterocycles. The SMILES string of the molecule is Cc1ccc2sc(N(CC3CCCO3)C(=O)c3ccccc3Br)nc2c1C. The summed E-state index contributed by atoms with van der Waals surface area (Å²) in [6.45, 7) is 5.46. The first kappa shape index (κ1) is 18.6. The molecule has 1 saturated heterocycles. The standard InChI is InChI=1S/C21H21BrN2O2S/c1-13-9-10-18-19(14(13)2)23-21(27-18)24(12-15-6-5-11-26-15)20(25)16-7-3-4-8-17(16)22/h3-4,7-10,15H,5-6,11-12H2,1-2H3. The lowest BCUT2D eigenvalue weighted by Crippen LogP contribution is -2.37. The van der Waals surface area contributed by atoms with Gasteiger partial charge in [-0.3, -0.25) is 9.69 Å². The fourth-order valence-corrected chi connectivity index (χ4v) is 4.84. The molecule has 0 aliphatic carbocycles. The zero-order valence-corrected chi connectivity index (χ0v) is 17.8. The van der Waals surface area contributed by atoms with E-state index in [1.165, 1.54) is 11.1 Å². The lowest BCUT2D eigenvalue weighted by Gasteiger charge is -2.23. The van der Waals surface area contributed by atoms with E-state index in [0.717, 1.165) is 39.3 Å². The Bertz CT molecular complexity index is 995. The van der Waals surface area contributed by atoms with Gasteiger partial charge < -0.3 is 4.74 Å². The quantitative estimate of drug-likeness (QED) is 0.533. The van der Waals surface area contributed by atoms with Crippen LogP contribution in [0.3, 0.4) is 0 Å². The first-order valence-corrected chi connectivity index (χ1v) is 10.7. The number of carbonyl (C=O) groups excluding carboxylic acids is 1. The van der Waals surface area contributed by atoms with Gasteiger partial charge in [0.25, 0.3) is 5.91 Å². The minimum absolute atomic E-state index is 0.0496. The number of fused-ring (bicyclic) bond motifs is 1. The number of anilines is 1. The number of aryl methyl sites for hydroxylation is 2. The highest BCUT2D eigenvalue weighted by Gasteiger charge is 2.28. The number of hydrogen-bond acceptors (Lipinski definition) is 4. The second-order valence-electron chi connectivity index (χ2n) is 6.88. The Labute approximate surface area is 171 Å². The molecule has 0 radical (unpaired) electrons. The zero-order chi connectivity index (χ0) is 19.0. The smallest absolute Gasteiger partial charge is 0.261 e. The molecule has 2 aromatic carbocycles. The molecule has 0 N–H and O–H groups in total. The van der Waals surface area contributed by atoms with Crippen molar-refractivity contribution in [2.45, 2.75) is 32.8 Å². The van der Waals surface area contributed by atoms with Crippen molar-refractivity contribution in [1.29, 1.82) is 0 Å². The molecule has 3 aromatic rings. The number of hydrogen-bond donors (Lipinski definition) is 0. The van der Waals surface area contributed by atoms with Crippen LogP contribution in [-0.2, 0) is 4.74 Å². The maximum atomic E-state index is 13.4. The summed E-state index contributed by atoms with van der Waals surface area (Å²) in [5.74, 6) is -0.0496. The first-order valence-electron chi connectivity index (χ1n) is 9.09. The molecule has 1 fully saturated rings. The molecule has 4 nitrogen and oxygen atoms in total. The number of aromatic nitrogens is 1. The molecule has 1 aliphatic rings. The average molecular weight is 445 g/mol. The van der Waals surface area contributed by atoms with Gasteiger partial charge in [-0.1, -0.05) is 29.5 Å². The predicted molar refractivity (Wildman–Crippen MR) is 114 cm³/mol. The summed E-state index contributed by atoms with van der Waals surface area (Å²) < 4.78 is 7.70. The second kappa shape index (κ2) is 7.70. The van der Waals surface area contributed by atoms with Crippen LogP contribution in [0.4, 0.5) is 5.13 Å². The predicted octanol–water partition coefficient (Wildman–Crippen LogP) is 5.50. The Morgan fingerprint density at radius 3 is 2.85 bits per heavy atom. The highest BCUT2D eigenvalue weighted by atomic mass is 79.9. The third-order valence-electron chi connectivity index (χ3n) is 5.06. The Balaban J connectivity index is 1.76. The van der Waals surface area contributed by atoms with E-state index >= 15 is 0 Å². The summed E-state index contributed by atoms with van der Waals surface area (Å²) in [5.41, 5.74) is 4.00. The van der Waals surface area contributed by atoms with E-state index < -0.39 is 0 Å². The van der Waals surface area contributed by atoms with E-state index in [1.807, 2.05) is 24.3 Å². The Morgan fingerprint density at radius 1 is 1.30 bits per heavy atom. The molecule has 1 atom stereocenters. The van der Waals surface area contributed by atoms with Gasteiger partial charge in [-0.15, -0.1) is 0 Å². The second-order valence-corrected chi connectivity index (χ2v) is 8.74. The summed E-state index contributed by atoms with van der Waals surface area (Å²) >= 11 is 5.07. The molecule has 27 heavy (non-hydrogen) atoms. The van der Waals surface area contributed by atoms with Gasteiger partial charge in [0.2, 0.25) is 0 Å². The number of rotatable bonds is 4. The topological polar surface area (TPSA) is 42.4 Å². The highest BCUT2D eigenvalue weighted by Crippen LogP contribution is 2.34. The van der Waals surface area contributed by atoms with Gasteiger partial charge in [0, 0.05) is 11.1 Å². The van der Waals surface area contributed by atoms with Crippen LogP contribution in [0.25, 0.3) is 10.2 Å². The van der Waals surface area contributed by atoms with Gasteiger partial charge in [-0.2, -0.15) is 0 Å². The van der Waals surface area contributed by atoms with Crippen LogP contribution >= 0.6 is 27.3 Å². The van der Waals surface area contributed by atoms with Gasteiger partial charge in [-0.05, 0) is 71.9 Å². The first-order chi connectivity index (χ1) is 13.0. The van der Waals surface area contributed by atoms with Crippen molar-refractivity contribution in [3.8, 4) is 0 Å². The van der Waals surface area contributed by atoms with Gasteiger partial charge in [0.15, 0.2) is 5.13 Å². The molecule has 1 aliphatic heterocycles. The summed E-state index contributed by atoms with van der Waals surface area (Å²) in [6.07, 6.45) is 2.08. The Hall–Kier alpha value is -1.76. The van der Waals surface area contributed by atoms with Crippen molar-refractivity contribution in [1.82, 2.24) is 4.98 Å². The van der Waals surface area contributed by atoms with Crippen LogP contribution in [-0.4, -0.2) is 30.1 Å². The minimum atomic E-state index is -0.0496. The van der Waals surface area contributed by atoms with Crippen LogP contribution in [0.1, 0.15) is 34.3 Å². The number of benzene rings is 2. The van der Waals surface area contributed by atoms with Crippen LogP contribution in [0.5, 0.6) is 0 Å². The van der Waals surface area contributed by atoms with E-state index in [-0.39, 0.29) is 12.0 Å². The fourth-order valence-electron chi connectivity index (χ4n) is 3.35. The van der Waals surface area contributed by atoms with Crippen molar-refractivity contribution in [2.24, 2.45) is 0 Å². The minimum Gasteiger partial charge on any atom is -0.376 e. The molecule has 1 amide bonds. The van der Waals surface area contributed by atoms with Crippen molar-refractivity contribution in [3.63, 3.8) is 0 Å². The molecule has 6 heteroatoms. The number of ether oxygens (including phenoxy) is 1. The molecule has 1 unspecified atom stereocenters. The summed E-state index contributed by atoms with van der Waals surface area (Å²) in [4.78, 5) is 20.0. The molecule has 4 rings (SSSR count). The fraction of sp³-hybridized carbons (Fsp3) is 0.333. The highest BCUT2D eigenvalue weighted by molar-refractivity contribution is 9.10. The van der Waals surface area contributed by atoms with Crippen molar-refractivity contribution < 1.29 is 9.53 Å². The largest absolute Gasteiger partial charge is 0.376 e. The molecule has 0 bridgehead atoms. The van der Waals surface area contributed by atoms with Crippen molar-refractivity contribution in [2.75, 3.05) is 18.1 Å². The van der Waals surface area contributed by atoms with Gasteiger partial charge in [0.1, 0.15) is 0 Å². The van der Waals surface area contributed by atoms with Crippen LogP contribution in [0.2, 0.25) is 0 Å². The van der Waals surface area contributed by atoms with Gasteiger partial charge >= 0.3 is 0 Å². The normalized spacial score (nSPS) is 16.8. The van der Waals surface area contributed by atoms with E-state index in [9.17, 15) is 4.79 Å². The number of amides is 1. The summed E-state index contributed by atoms with van der Waals surface area (Å²) in [6, 6.07) is 11.7. The monoisotopic (exact) mass is 444 g/mol. The van der Waals surface area contributed by atoms with E-state index in [0.29, 0.717) is 12.1 Å². The van der Waals surface area contributed by atoms with E-state index in [4.69, 9.17) is 9.72 Å². The number of halogens is 1. The maximum Gasteiger partial charge on any atom is 0.261 e. The number of thiazole rings is 1.